The highest BCUT2D eigenvalue weighted by atomic mass is 16.4. The molecule has 12 heavy (non-hydrogen) atoms. The molecular formula is C9H13O3-. The van der Waals surface area contributed by atoms with Crippen LogP contribution in [0.5, 0.6) is 0 Å². The van der Waals surface area contributed by atoms with E-state index in [-0.39, 0.29) is 18.1 Å². The summed E-state index contributed by atoms with van der Waals surface area (Å²) in [5.41, 5.74) is 0. The van der Waals surface area contributed by atoms with Crippen LogP contribution < -0.4 is 5.11 Å². The van der Waals surface area contributed by atoms with Gasteiger partial charge in [-0.25, -0.2) is 0 Å². The zero-order chi connectivity index (χ0) is 8.97. The molecule has 1 fully saturated rings. The van der Waals surface area contributed by atoms with Gasteiger partial charge in [-0.3, -0.25) is 4.79 Å². The van der Waals surface area contributed by atoms with Crippen LogP contribution in [-0.2, 0) is 9.59 Å². The number of carboxylic acid groups (broad SMARTS) is 1. The summed E-state index contributed by atoms with van der Waals surface area (Å²) in [5, 5.41) is 10.1. The van der Waals surface area contributed by atoms with Gasteiger partial charge in [0.2, 0.25) is 0 Å². The number of aliphatic carboxylic acids is 1. The molecule has 0 radical (unpaired) electrons. The first-order valence-electron chi connectivity index (χ1n) is 4.42. The van der Waals surface area contributed by atoms with Crippen molar-refractivity contribution in [2.24, 2.45) is 5.92 Å². The molecule has 1 aliphatic carbocycles. The fourth-order valence-corrected chi connectivity index (χ4v) is 1.65. The lowest BCUT2D eigenvalue weighted by atomic mass is 9.85. The van der Waals surface area contributed by atoms with Gasteiger partial charge in [0.05, 0.1) is 0 Å². The van der Waals surface area contributed by atoms with Crippen molar-refractivity contribution < 1.29 is 14.7 Å². The highest BCUT2D eigenvalue weighted by Gasteiger charge is 2.21. The Balaban J connectivity index is 2.29. The molecule has 3 heteroatoms. The van der Waals surface area contributed by atoms with E-state index in [1.54, 1.807) is 0 Å². The van der Waals surface area contributed by atoms with Crippen LogP contribution in [0.15, 0.2) is 0 Å². The van der Waals surface area contributed by atoms with Crippen molar-refractivity contribution in [3.63, 3.8) is 0 Å². The molecule has 0 saturated heterocycles. The minimum atomic E-state index is -1.05. The number of carbonyl (C=O) groups excluding carboxylic acids is 2. The van der Waals surface area contributed by atoms with Gasteiger partial charge in [-0.2, -0.15) is 0 Å². The predicted molar refractivity (Wildman–Crippen MR) is 41.2 cm³/mol. The van der Waals surface area contributed by atoms with Crippen molar-refractivity contribution in [1.29, 1.82) is 0 Å². The molecule has 0 heterocycles. The molecule has 0 aromatic rings. The number of carboxylic acids is 1. The third kappa shape index (κ3) is 2.64. The van der Waals surface area contributed by atoms with Crippen LogP contribution in [-0.4, -0.2) is 11.8 Å². The Labute approximate surface area is 71.8 Å². The largest absolute Gasteiger partial charge is 0.550 e. The Hall–Kier alpha value is -0.860. The number of carbonyl (C=O) groups is 2. The van der Waals surface area contributed by atoms with Crippen molar-refractivity contribution in [3.8, 4) is 0 Å². The Morgan fingerprint density at radius 3 is 2.83 bits per heavy atom. The molecule has 1 saturated carbocycles. The topological polar surface area (TPSA) is 57.2 Å². The van der Waals surface area contributed by atoms with E-state index >= 15 is 0 Å². The first-order valence-corrected chi connectivity index (χ1v) is 4.42. The summed E-state index contributed by atoms with van der Waals surface area (Å²) < 4.78 is 0. The summed E-state index contributed by atoms with van der Waals surface area (Å²) in [5.74, 6) is -0.812. The van der Waals surface area contributed by atoms with Crippen LogP contribution in [0.2, 0.25) is 0 Å². The number of ketones is 1. The van der Waals surface area contributed by atoms with Crippen LogP contribution >= 0.6 is 0 Å². The maximum Gasteiger partial charge on any atom is 0.135 e. The third-order valence-corrected chi connectivity index (χ3v) is 2.38. The maximum atomic E-state index is 11.2. The van der Waals surface area contributed by atoms with E-state index in [0.717, 1.165) is 19.3 Å². The summed E-state index contributed by atoms with van der Waals surface area (Å²) in [6.45, 7) is 0. The highest BCUT2D eigenvalue weighted by molar-refractivity contribution is 5.82. The van der Waals surface area contributed by atoms with Gasteiger partial charge < -0.3 is 9.90 Å². The summed E-state index contributed by atoms with van der Waals surface area (Å²) in [6.07, 6.45) is 4.03. The molecular weight excluding hydrogens is 156 g/mol. The van der Waals surface area contributed by atoms with Crippen molar-refractivity contribution >= 4 is 11.8 Å². The van der Waals surface area contributed by atoms with E-state index in [4.69, 9.17) is 0 Å². The van der Waals surface area contributed by atoms with Gasteiger partial charge in [0.15, 0.2) is 0 Å². The summed E-state index contributed by atoms with van der Waals surface area (Å²) in [6, 6.07) is 0. The number of hydrogen-bond acceptors (Lipinski definition) is 3. The van der Waals surface area contributed by atoms with E-state index < -0.39 is 5.97 Å². The Morgan fingerprint density at radius 2 is 2.25 bits per heavy atom. The van der Waals surface area contributed by atoms with Gasteiger partial charge >= 0.3 is 0 Å². The van der Waals surface area contributed by atoms with Crippen LogP contribution in [0.1, 0.15) is 38.5 Å². The molecule has 0 N–H and O–H groups in total. The number of Topliss-reactive ketones (excluding diaryl/α,β-unsaturated/α-hetero) is 1. The molecule has 0 aromatic carbocycles. The summed E-state index contributed by atoms with van der Waals surface area (Å²) in [7, 11) is 0. The maximum absolute atomic E-state index is 11.2. The SMILES string of the molecule is O=C([O-])CCC1CCCCC1=O. The van der Waals surface area contributed by atoms with E-state index in [0.29, 0.717) is 12.8 Å². The zero-order valence-corrected chi connectivity index (χ0v) is 7.04. The lowest BCUT2D eigenvalue weighted by molar-refractivity contribution is -0.305. The Morgan fingerprint density at radius 1 is 1.50 bits per heavy atom. The normalized spacial score (nSPS) is 24.0. The van der Waals surface area contributed by atoms with E-state index in [9.17, 15) is 14.7 Å². The van der Waals surface area contributed by atoms with Crippen LogP contribution in [0, 0.1) is 5.92 Å². The van der Waals surface area contributed by atoms with Crippen LogP contribution in [0.3, 0.4) is 0 Å². The van der Waals surface area contributed by atoms with Gasteiger partial charge in [0, 0.05) is 18.3 Å². The van der Waals surface area contributed by atoms with E-state index in [2.05, 4.69) is 0 Å². The van der Waals surface area contributed by atoms with Gasteiger partial charge in [-0.15, -0.1) is 0 Å². The third-order valence-electron chi connectivity index (χ3n) is 2.38. The van der Waals surface area contributed by atoms with E-state index in [1.807, 2.05) is 0 Å². The summed E-state index contributed by atoms with van der Waals surface area (Å²) >= 11 is 0. The van der Waals surface area contributed by atoms with Crippen molar-refractivity contribution in [1.82, 2.24) is 0 Å². The first kappa shape index (κ1) is 9.23. The first-order chi connectivity index (χ1) is 5.70. The van der Waals surface area contributed by atoms with Crippen LogP contribution in [0.4, 0.5) is 0 Å². The fourth-order valence-electron chi connectivity index (χ4n) is 1.65. The molecule has 1 atom stereocenters. The van der Waals surface area contributed by atoms with Gasteiger partial charge in [-0.05, 0) is 25.7 Å². The molecule has 1 aliphatic rings. The molecule has 1 unspecified atom stereocenters. The van der Waals surface area contributed by atoms with Crippen molar-refractivity contribution in [2.45, 2.75) is 38.5 Å². The second-order valence-corrected chi connectivity index (χ2v) is 3.32. The molecule has 0 aromatic heterocycles. The number of hydrogen-bond donors (Lipinski definition) is 0. The second kappa shape index (κ2) is 4.24. The quantitative estimate of drug-likeness (QED) is 0.609. The highest BCUT2D eigenvalue weighted by Crippen LogP contribution is 2.24. The molecule has 3 nitrogen and oxygen atoms in total. The smallest absolute Gasteiger partial charge is 0.135 e. The monoisotopic (exact) mass is 169 g/mol. The molecule has 1 rings (SSSR count). The van der Waals surface area contributed by atoms with E-state index in [1.165, 1.54) is 0 Å². The van der Waals surface area contributed by atoms with Crippen molar-refractivity contribution in [3.05, 3.63) is 0 Å². The average molecular weight is 169 g/mol. The van der Waals surface area contributed by atoms with Gasteiger partial charge in [-0.1, -0.05) is 6.42 Å². The minimum Gasteiger partial charge on any atom is -0.550 e. The predicted octanol–water partition coefficient (Wildman–Crippen LogP) is 0.276. The Bertz CT molecular complexity index is 186. The fraction of sp³-hybridized carbons (Fsp3) is 0.778. The lowest BCUT2D eigenvalue weighted by Crippen LogP contribution is -2.25. The van der Waals surface area contributed by atoms with Crippen molar-refractivity contribution in [2.75, 3.05) is 0 Å². The molecule has 0 spiro atoms. The Kier molecular flexibility index (Phi) is 3.26. The second-order valence-electron chi connectivity index (χ2n) is 3.32. The molecule has 0 amide bonds. The van der Waals surface area contributed by atoms with Crippen LogP contribution in [0.25, 0.3) is 0 Å². The standard InChI is InChI=1S/C9H14O3/c10-8-4-2-1-3-7(8)5-6-9(11)12/h7H,1-6H2,(H,11,12)/p-1. The van der Waals surface area contributed by atoms with Gasteiger partial charge in [0.25, 0.3) is 0 Å². The summed E-state index contributed by atoms with van der Waals surface area (Å²) in [4.78, 5) is 21.3. The average Bonchev–Trinajstić information content (AvgIpc) is 2.03. The lowest BCUT2D eigenvalue weighted by Gasteiger charge is -2.20. The van der Waals surface area contributed by atoms with Gasteiger partial charge in [0.1, 0.15) is 5.78 Å². The molecule has 0 bridgehead atoms. The molecule has 0 aliphatic heterocycles. The number of rotatable bonds is 3. The molecule has 68 valence electrons. The zero-order valence-electron chi connectivity index (χ0n) is 7.04. The minimum absolute atomic E-state index is 0.00310.